The summed E-state index contributed by atoms with van der Waals surface area (Å²) in [4.78, 5) is 14.7. The van der Waals surface area contributed by atoms with Crippen LogP contribution in [0.15, 0.2) is 53.1 Å². The Balaban J connectivity index is 1.74. The lowest BCUT2D eigenvalue weighted by Gasteiger charge is -2.03. The van der Waals surface area contributed by atoms with Crippen LogP contribution in [0.3, 0.4) is 0 Å². The molecule has 0 amide bonds. The van der Waals surface area contributed by atoms with Gasteiger partial charge in [0.05, 0.1) is 0 Å². The third-order valence-corrected chi connectivity index (χ3v) is 3.75. The van der Waals surface area contributed by atoms with Crippen molar-refractivity contribution in [2.75, 3.05) is 6.61 Å². The van der Waals surface area contributed by atoms with Crippen LogP contribution in [0.5, 0.6) is 5.75 Å². The predicted molar refractivity (Wildman–Crippen MR) is 98.0 cm³/mol. The number of nitrogens with zero attached hydrogens (tertiary/aromatic N) is 2. The molecule has 0 bridgehead atoms. The van der Waals surface area contributed by atoms with E-state index >= 15 is 0 Å². The molecule has 6 nitrogen and oxygen atoms in total. The summed E-state index contributed by atoms with van der Waals surface area (Å²) in [5, 5.41) is 13.3. The highest BCUT2D eigenvalue weighted by molar-refractivity contribution is 6.50. The molecule has 2 aromatic carbocycles. The average molecular weight is 391 g/mol. The Kier molecular flexibility index (Phi) is 5.55. The summed E-state index contributed by atoms with van der Waals surface area (Å²) in [5.74, 6) is -0.0371. The number of carboxylic acid groups (broad SMARTS) is 1. The maximum Gasteiger partial charge on any atom is 0.341 e. The standard InChI is InChI=1S/C18H12Cl2N2O4/c19-13-3-1-2-12(9-13)17-21-18(26-22-17)15(20)8-11-4-6-14(7-5-11)25-10-16(23)24/h1-9H,10H2,(H,23,24)/b15-8-. The van der Waals surface area contributed by atoms with Gasteiger partial charge < -0.3 is 14.4 Å². The number of carboxylic acids is 1. The quantitative estimate of drug-likeness (QED) is 0.662. The summed E-state index contributed by atoms with van der Waals surface area (Å²) in [6, 6.07) is 13.8. The number of carbonyl (C=O) groups is 1. The number of hydrogen-bond donors (Lipinski definition) is 1. The number of rotatable bonds is 6. The van der Waals surface area contributed by atoms with Gasteiger partial charge in [0, 0.05) is 10.6 Å². The highest BCUT2D eigenvalue weighted by Gasteiger charge is 2.12. The molecule has 3 rings (SSSR count). The number of aliphatic carboxylic acids is 1. The third kappa shape index (κ3) is 4.62. The maximum absolute atomic E-state index is 10.5. The molecule has 26 heavy (non-hydrogen) atoms. The van der Waals surface area contributed by atoms with E-state index in [1.165, 1.54) is 0 Å². The highest BCUT2D eigenvalue weighted by atomic mass is 35.5. The molecule has 0 atom stereocenters. The van der Waals surface area contributed by atoms with E-state index in [1.807, 2.05) is 6.07 Å². The Labute approximate surface area is 158 Å². The third-order valence-electron chi connectivity index (χ3n) is 3.25. The molecule has 8 heteroatoms. The molecule has 0 saturated heterocycles. The fraction of sp³-hybridized carbons (Fsp3) is 0.0556. The van der Waals surface area contributed by atoms with Crippen LogP contribution in [0, 0.1) is 0 Å². The van der Waals surface area contributed by atoms with Gasteiger partial charge in [0.25, 0.3) is 5.89 Å². The molecule has 0 spiro atoms. The zero-order chi connectivity index (χ0) is 18.5. The molecule has 0 saturated carbocycles. The van der Waals surface area contributed by atoms with Gasteiger partial charge in [-0.15, -0.1) is 0 Å². The molecule has 1 heterocycles. The second kappa shape index (κ2) is 8.03. The molecule has 1 aromatic heterocycles. The van der Waals surface area contributed by atoms with Crippen molar-refractivity contribution in [3.63, 3.8) is 0 Å². The minimum absolute atomic E-state index is 0.174. The predicted octanol–water partition coefficient (Wildman–Crippen LogP) is 4.59. The molecule has 0 aliphatic heterocycles. The summed E-state index contributed by atoms with van der Waals surface area (Å²) in [6.07, 6.45) is 1.65. The topological polar surface area (TPSA) is 85.5 Å². The molecule has 0 radical (unpaired) electrons. The fourth-order valence-electron chi connectivity index (χ4n) is 2.08. The molecule has 1 N–H and O–H groups in total. The summed E-state index contributed by atoms with van der Waals surface area (Å²) in [7, 11) is 0. The lowest BCUT2D eigenvalue weighted by molar-refractivity contribution is -0.139. The summed E-state index contributed by atoms with van der Waals surface area (Å²) >= 11 is 12.2. The van der Waals surface area contributed by atoms with Gasteiger partial charge in [0.1, 0.15) is 10.8 Å². The van der Waals surface area contributed by atoms with Crippen LogP contribution in [-0.4, -0.2) is 27.8 Å². The lowest BCUT2D eigenvalue weighted by Crippen LogP contribution is -2.09. The molecule has 0 aliphatic carbocycles. The van der Waals surface area contributed by atoms with Gasteiger partial charge >= 0.3 is 5.97 Å². The average Bonchev–Trinajstić information content (AvgIpc) is 3.11. The van der Waals surface area contributed by atoms with E-state index in [9.17, 15) is 4.79 Å². The van der Waals surface area contributed by atoms with Crippen molar-refractivity contribution < 1.29 is 19.2 Å². The maximum atomic E-state index is 10.5. The van der Waals surface area contributed by atoms with Crippen LogP contribution in [0.4, 0.5) is 0 Å². The smallest absolute Gasteiger partial charge is 0.341 e. The highest BCUT2D eigenvalue weighted by Crippen LogP contribution is 2.25. The zero-order valence-corrected chi connectivity index (χ0v) is 14.7. The number of halogens is 2. The Bertz CT molecular complexity index is 952. The second-order valence-electron chi connectivity index (χ2n) is 5.18. The molecular weight excluding hydrogens is 379 g/mol. The van der Waals surface area contributed by atoms with Crippen LogP contribution in [0.1, 0.15) is 11.5 Å². The van der Waals surface area contributed by atoms with Gasteiger partial charge in [0.15, 0.2) is 6.61 Å². The van der Waals surface area contributed by atoms with Gasteiger partial charge in [-0.2, -0.15) is 4.98 Å². The summed E-state index contributed by atoms with van der Waals surface area (Å²) in [5.41, 5.74) is 1.48. The molecular formula is C18H12Cl2N2O4. The Morgan fingerprint density at radius 3 is 2.69 bits per heavy atom. The van der Waals surface area contributed by atoms with E-state index in [0.717, 1.165) is 11.1 Å². The SMILES string of the molecule is O=C(O)COc1ccc(/C=C(\Cl)c2nc(-c3cccc(Cl)c3)no2)cc1. The summed E-state index contributed by atoms with van der Waals surface area (Å²) < 4.78 is 10.3. The lowest BCUT2D eigenvalue weighted by atomic mass is 10.2. The number of ether oxygens (including phenoxy) is 1. The van der Waals surface area contributed by atoms with E-state index in [0.29, 0.717) is 16.6 Å². The number of benzene rings is 2. The van der Waals surface area contributed by atoms with Gasteiger partial charge in [0.2, 0.25) is 5.82 Å². The largest absolute Gasteiger partial charge is 0.482 e. The minimum atomic E-state index is -1.04. The fourth-order valence-corrected chi connectivity index (χ4v) is 2.47. The van der Waals surface area contributed by atoms with E-state index in [4.69, 9.17) is 37.6 Å². The Morgan fingerprint density at radius 1 is 1.23 bits per heavy atom. The number of aromatic nitrogens is 2. The Hall–Kier alpha value is -2.83. The van der Waals surface area contributed by atoms with Crippen LogP contribution >= 0.6 is 23.2 Å². The van der Waals surface area contributed by atoms with Gasteiger partial charge in [-0.05, 0) is 35.9 Å². The molecule has 132 valence electrons. The first-order valence-corrected chi connectivity index (χ1v) is 8.19. The van der Waals surface area contributed by atoms with Crippen molar-refractivity contribution in [3.8, 4) is 17.1 Å². The van der Waals surface area contributed by atoms with Crippen molar-refractivity contribution in [1.82, 2.24) is 10.1 Å². The molecule has 0 unspecified atom stereocenters. The second-order valence-corrected chi connectivity index (χ2v) is 6.02. The van der Waals surface area contributed by atoms with Gasteiger partial charge in [-0.25, -0.2) is 4.79 Å². The minimum Gasteiger partial charge on any atom is -0.482 e. The first-order chi connectivity index (χ1) is 12.5. The first kappa shape index (κ1) is 18.0. The first-order valence-electron chi connectivity index (χ1n) is 7.43. The van der Waals surface area contributed by atoms with Crippen molar-refractivity contribution in [2.45, 2.75) is 0 Å². The molecule has 3 aromatic rings. The molecule has 0 aliphatic rings. The monoisotopic (exact) mass is 390 g/mol. The van der Waals surface area contributed by atoms with E-state index in [-0.39, 0.29) is 10.9 Å². The van der Waals surface area contributed by atoms with Crippen molar-refractivity contribution >= 4 is 40.3 Å². The Morgan fingerprint density at radius 2 is 2.00 bits per heavy atom. The zero-order valence-electron chi connectivity index (χ0n) is 13.2. The van der Waals surface area contributed by atoms with Crippen molar-refractivity contribution in [2.24, 2.45) is 0 Å². The number of hydrogen-bond acceptors (Lipinski definition) is 5. The van der Waals surface area contributed by atoms with Crippen LogP contribution in [0.25, 0.3) is 22.5 Å². The van der Waals surface area contributed by atoms with Crippen molar-refractivity contribution in [3.05, 3.63) is 65.0 Å². The van der Waals surface area contributed by atoms with Crippen LogP contribution in [-0.2, 0) is 4.79 Å². The summed E-state index contributed by atoms with van der Waals surface area (Å²) in [6.45, 7) is -0.399. The van der Waals surface area contributed by atoms with Gasteiger partial charge in [-0.3, -0.25) is 0 Å². The van der Waals surface area contributed by atoms with E-state index in [2.05, 4.69) is 10.1 Å². The van der Waals surface area contributed by atoms with Crippen LogP contribution in [0.2, 0.25) is 5.02 Å². The normalized spacial score (nSPS) is 11.4. The molecule has 0 fully saturated rings. The van der Waals surface area contributed by atoms with Crippen molar-refractivity contribution in [1.29, 1.82) is 0 Å². The van der Waals surface area contributed by atoms with E-state index < -0.39 is 12.6 Å². The van der Waals surface area contributed by atoms with Crippen LogP contribution < -0.4 is 4.74 Å². The van der Waals surface area contributed by atoms with Gasteiger partial charge in [-0.1, -0.05) is 52.6 Å². The van der Waals surface area contributed by atoms with E-state index in [1.54, 1.807) is 48.5 Å².